The van der Waals surface area contributed by atoms with Crippen molar-refractivity contribution in [2.45, 2.75) is 25.5 Å². The molecule has 0 fully saturated rings. The molecule has 0 aromatic carbocycles. The Kier molecular flexibility index (Phi) is 3.40. The van der Waals surface area contributed by atoms with Gasteiger partial charge in [0.15, 0.2) is 5.82 Å². The zero-order valence-corrected chi connectivity index (χ0v) is 11.4. The van der Waals surface area contributed by atoms with Crippen molar-refractivity contribution in [3.8, 4) is 11.4 Å². The lowest BCUT2D eigenvalue weighted by molar-refractivity contribution is 0.488. The first-order valence-electron chi connectivity index (χ1n) is 5.26. The largest absolute Gasteiger partial charge is 0.296 e. The molecule has 2 rings (SSSR count). The Morgan fingerprint density at radius 2 is 2.17 bits per heavy atom. The molecule has 0 saturated heterocycles. The maximum atomic E-state index is 11.4. The number of H-pyrrole nitrogens is 1. The van der Waals surface area contributed by atoms with Crippen LogP contribution < -0.4 is 0 Å². The first-order chi connectivity index (χ1) is 8.39. The standard InChI is InChI=1S/C9H12ClN5O2S/c1-6(2)5-15-8(7-3-11-12-4-7)13-14-9(15)18(10,16)17/h3-4,6H,5H2,1-2H3,(H,11,12). The summed E-state index contributed by atoms with van der Waals surface area (Å²) in [5.41, 5.74) is 0.662. The van der Waals surface area contributed by atoms with Crippen LogP contribution in [-0.2, 0) is 15.6 Å². The zero-order valence-electron chi connectivity index (χ0n) is 9.83. The smallest absolute Gasteiger partial charge is 0.296 e. The van der Waals surface area contributed by atoms with Crippen molar-refractivity contribution in [1.82, 2.24) is 25.0 Å². The van der Waals surface area contributed by atoms with Gasteiger partial charge in [0.05, 0.1) is 11.8 Å². The van der Waals surface area contributed by atoms with E-state index in [9.17, 15) is 8.42 Å². The fraction of sp³-hybridized carbons (Fsp3) is 0.444. The Hall–Kier alpha value is -1.41. The zero-order chi connectivity index (χ0) is 13.3. The Morgan fingerprint density at radius 1 is 1.44 bits per heavy atom. The summed E-state index contributed by atoms with van der Waals surface area (Å²) < 4.78 is 24.4. The lowest BCUT2D eigenvalue weighted by atomic mass is 10.2. The van der Waals surface area contributed by atoms with Gasteiger partial charge in [-0.05, 0) is 5.92 Å². The van der Waals surface area contributed by atoms with E-state index in [2.05, 4.69) is 20.4 Å². The van der Waals surface area contributed by atoms with E-state index in [0.717, 1.165) is 0 Å². The Bertz CT molecular complexity index is 632. The molecule has 0 bridgehead atoms. The number of halogens is 1. The minimum absolute atomic E-state index is 0.226. The van der Waals surface area contributed by atoms with Gasteiger partial charge in [0.25, 0.3) is 14.2 Å². The van der Waals surface area contributed by atoms with E-state index in [1.165, 1.54) is 4.57 Å². The summed E-state index contributed by atoms with van der Waals surface area (Å²) in [4.78, 5) is 0. The van der Waals surface area contributed by atoms with E-state index in [4.69, 9.17) is 10.7 Å². The first kappa shape index (κ1) is 13.0. The summed E-state index contributed by atoms with van der Waals surface area (Å²) in [6.07, 6.45) is 3.16. The van der Waals surface area contributed by atoms with Gasteiger partial charge in [0, 0.05) is 23.4 Å². The van der Waals surface area contributed by atoms with Crippen molar-refractivity contribution >= 4 is 19.7 Å². The van der Waals surface area contributed by atoms with Crippen LogP contribution in [0.5, 0.6) is 0 Å². The third-order valence-corrected chi connectivity index (χ3v) is 3.39. The summed E-state index contributed by atoms with van der Waals surface area (Å²) >= 11 is 0. The van der Waals surface area contributed by atoms with E-state index in [1.54, 1.807) is 12.4 Å². The van der Waals surface area contributed by atoms with Crippen LogP contribution in [0.3, 0.4) is 0 Å². The summed E-state index contributed by atoms with van der Waals surface area (Å²) in [6, 6.07) is 0. The molecule has 2 aromatic rings. The van der Waals surface area contributed by atoms with Gasteiger partial charge in [0.2, 0.25) is 0 Å². The summed E-state index contributed by atoms with van der Waals surface area (Å²) in [6.45, 7) is 4.38. The second kappa shape index (κ2) is 4.69. The molecule has 0 aliphatic rings. The van der Waals surface area contributed by atoms with Crippen molar-refractivity contribution in [2.75, 3.05) is 0 Å². The molecule has 0 saturated carbocycles. The Labute approximate surface area is 109 Å². The molecule has 0 atom stereocenters. The average Bonchev–Trinajstić information content (AvgIpc) is 2.81. The number of aromatic nitrogens is 5. The predicted octanol–water partition coefficient (Wildman–Crippen LogP) is 1.25. The number of nitrogens with zero attached hydrogens (tertiary/aromatic N) is 4. The van der Waals surface area contributed by atoms with E-state index >= 15 is 0 Å². The highest BCUT2D eigenvalue weighted by Crippen LogP contribution is 2.22. The molecular weight excluding hydrogens is 278 g/mol. The maximum absolute atomic E-state index is 11.4. The highest BCUT2D eigenvalue weighted by molar-refractivity contribution is 8.13. The highest BCUT2D eigenvalue weighted by Gasteiger charge is 2.24. The summed E-state index contributed by atoms with van der Waals surface area (Å²) in [7, 11) is 1.43. The van der Waals surface area contributed by atoms with Crippen molar-refractivity contribution < 1.29 is 8.42 Å². The van der Waals surface area contributed by atoms with E-state index in [0.29, 0.717) is 17.9 Å². The summed E-state index contributed by atoms with van der Waals surface area (Å²) in [5.74, 6) is 0.653. The SMILES string of the molecule is CC(C)Cn1c(-c2cn[nH]c2)nnc1S(=O)(=O)Cl. The van der Waals surface area contributed by atoms with Crippen LogP contribution in [0, 0.1) is 5.92 Å². The average molecular weight is 290 g/mol. The third kappa shape index (κ3) is 2.54. The quantitative estimate of drug-likeness (QED) is 0.855. The van der Waals surface area contributed by atoms with Gasteiger partial charge in [-0.15, -0.1) is 10.2 Å². The van der Waals surface area contributed by atoms with E-state index in [1.807, 2.05) is 13.8 Å². The van der Waals surface area contributed by atoms with Gasteiger partial charge < -0.3 is 0 Å². The fourth-order valence-electron chi connectivity index (χ4n) is 1.59. The molecule has 7 nitrogen and oxygen atoms in total. The van der Waals surface area contributed by atoms with Crippen LogP contribution in [0.4, 0.5) is 0 Å². The van der Waals surface area contributed by atoms with Crippen molar-refractivity contribution in [2.24, 2.45) is 5.92 Å². The van der Waals surface area contributed by atoms with Gasteiger partial charge in [-0.1, -0.05) is 13.8 Å². The second-order valence-electron chi connectivity index (χ2n) is 4.24. The Morgan fingerprint density at radius 3 is 2.67 bits per heavy atom. The normalized spacial score (nSPS) is 12.2. The van der Waals surface area contributed by atoms with Crippen LogP contribution >= 0.6 is 10.7 Å². The van der Waals surface area contributed by atoms with Crippen LogP contribution in [0.15, 0.2) is 17.6 Å². The van der Waals surface area contributed by atoms with Crippen LogP contribution in [0.25, 0.3) is 11.4 Å². The molecule has 2 aromatic heterocycles. The number of hydrogen-bond donors (Lipinski definition) is 1. The van der Waals surface area contributed by atoms with Crippen molar-refractivity contribution in [1.29, 1.82) is 0 Å². The molecule has 0 aliphatic heterocycles. The van der Waals surface area contributed by atoms with E-state index in [-0.39, 0.29) is 11.1 Å². The van der Waals surface area contributed by atoms with Crippen molar-refractivity contribution in [3.05, 3.63) is 12.4 Å². The lowest BCUT2D eigenvalue weighted by Crippen LogP contribution is -2.11. The number of nitrogens with one attached hydrogen (secondary N) is 1. The number of aromatic amines is 1. The molecule has 0 spiro atoms. The van der Waals surface area contributed by atoms with Gasteiger partial charge >= 0.3 is 0 Å². The molecule has 1 N–H and O–H groups in total. The molecule has 98 valence electrons. The maximum Gasteiger partial charge on any atom is 0.296 e. The molecule has 0 unspecified atom stereocenters. The number of hydrogen-bond acceptors (Lipinski definition) is 5. The molecule has 0 amide bonds. The Balaban J connectivity index is 2.58. The molecule has 2 heterocycles. The highest BCUT2D eigenvalue weighted by atomic mass is 35.7. The molecular formula is C9H12ClN5O2S. The number of rotatable bonds is 4. The van der Waals surface area contributed by atoms with E-state index < -0.39 is 9.05 Å². The molecule has 18 heavy (non-hydrogen) atoms. The summed E-state index contributed by atoms with van der Waals surface area (Å²) in [5, 5.41) is 13.7. The van der Waals surface area contributed by atoms with Gasteiger partial charge in [0.1, 0.15) is 0 Å². The first-order valence-corrected chi connectivity index (χ1v) is 7.57. The minimum atomic E-state index is -3.92. The predicted molar refractivity (Wildman–Crippen MR) is 65.5 cm³/mol. The lowest BCUT2D eigenvalue weighted by Gasteiger charge is -2.10. The minimum Gasteiger partial charge on any atom is -0.296 e. The second-order valence-corrected chi connectivity index (χ2v) is 6.70. The van der Waals surface area contributed by atoms with Crippen LogP contribution in [-0.4, -0.2) is 33.4 Å². The topological polar surface area (TPSA) is 93.5 Å². The van der Waals surface area contributed by atoms with Gasteiger partial charge in [-0.25, -0.2) is 8.42 Å². The van der Waals surface area contributed by atoms with Crippen LogP contribution in [0.1, 0.15) is 13.8 Å². The van der Waals surface area contributed by atoms with Crippen LogP contribution in [0.2, 0.25) is 0 Å². The molecule has 0 radical (unpaired) electrons. The molecule has 0 aliphatic carbocycles. The third-order valence-electron chi connectivity index (χ3n) is 2.24. The monoisotopic (exact) mass is 289 g/mol. The van der Waals surface area contributed by atoms with Crippen molar-refractivity contribution in [3.63, 3.8) is 0 Å². The molecule has 9 heteroatoms. The van der Waals surface area contributed by atoms with Gasteiger partial charge in [-0.3, -0.25) is 9.67 Å². The van der Waals surface area contributed by atoms with Gasteiger partial charge in [-0.2, -0.15) is 5.10 Å². The fourth-order valence-corrected chi connectivity index (χ4v) is 2.49.